The molecule has 0 bridgehead atoms. The van der Waals surface area contributed by atoms with Crippen molar-refractivity contribution in [1.82, 2.24) is 14.5 Å². The maximum absolute atomic E-state index is 12.1. The molecule has 3 aromatic heterocycles. The third kappa shape index (κ3) is 4.46. The second kappa shape index (κ2) is 9.26. The van der Waals surface area contributed by atoms with Gasteiger partial charge in [-0.1, -0.05) is 31.4 Å². The van der Waals surface area contributed by atoms with E-state index in [2.05, 4.69) is 4.98 Å². The lowest BCUT2D eigenvalue weighted by Crippen LogP contribution is -2.16. The first-order valence-electron chi connectivity index (χ1n) is 11.9. The van der Waals surface area contributed by atoms with E-state index < -0.39 is 18.5 Å². The number of hydrogen-bond acceptors (Lipinski definition) is 5. The number of aliphatic carboxylic acids is 1. The summed E-state index contributed by atoms with van der Waals surface area (Å²) in [5, 5.41) is 21.4. The van der Waals surface area contributed by atoms with E-state index in [1.54, 1.807) is 17.4 Å². The molecule has 5 rings (SSSR count). The lowest BCUT2D eigenvalue weighted by molar-refractivity contribution is -0.137. The number of carboxylic acid groups (broad SMARTS) is 2. The first-order chi connectivity index (χ1) is 16.8. The van der Waals surface area contributed by atoms with Crippen LogP contribution in [0.25, 0.3) is 32.7 Å². The van der Waals surface area contributed by atoms with E-state index in [0.717, 1.165) is 69.0 Å². The molecule has 180 valence electrons. The molecule has 35 heavy (non-hydrogen) atoms. The Labute approximate surface area is 207 Å². The van der Waals surface area contributed by atoms with Crippen LogP contribution >= 0.6 is 11.3 Å². The third-order valence-corrected chi connectivity index (χ3v) is 7.88. The van der Waals surface area contributed by atoms with Crippen molar-refractivity contribution in [3.63, 3.8) is 0 Å². The highest BCUT2D eigenvalue weighted by Crippen LogP contribution is 2.41. The van der Waals surface area contributed by atoms with Gasteiger partial charge in [0.1, 0.15) is 12.2 Å². The molecule has 7 nitrogen and oxygen atoms in total. The van der Waals surface area contributed by atoms with E-state index in [1.807, 2.05) is 44.2 Å². The average molecular weight is 490 g/mol. The largest absolute Gasteiger partial charge is 0.480 e. The van der Waals surface area contributed by atoms with Gasteiger partial charge in [0.15, 0.2) is 0 Å². The van der Waals surface area contributed by atoms with Gasteiger partial charge < -0.3 is 14.8 Å². The van der Waals surface area contributed by atoms with Crippen LogP contribution in [0.5, 0.6) is 0 Å². The SMILES string of the molecule is Cc1nc(C)c(-c2ccc3cc(-c4c(C5CCCCC5)cc(C(=O)O)n4CC(=O)O)ccc3n2)s1. The van der Waals surface area contributed by atoms with Crippen molar-refractivity contribution in [3.8, 4) is 21.8 Å². The highest BCUT2D eigenvalue weighted by molar-refractivity contribution is 7.15. The predicted molar refractivity (Wildman–Crippen MR) is 136 cm³/mol. The molecule has 0 saturated heterocycles. The number of aromatic carboxylic acids is 1. The van der Waals surface area contributed by atoms with E-state index in [9.17, 15) is 19.8 Å². The van der Waals surface area contributed by atoms with Crippen LogP contribution in [0.3, 0.4) is 0 Å². The second-order valence-corrected chi connectivity index (χ2v) is 10.4. The second-order valence-electron chi connectivity index (χ2n) is 9.20. The van der Waals surface area contributed by atoms with Gasteiger partial charge in [-0.05, 0) is 68.0 Å². The van der Waals surface area contributed by atoms with Gasteiger partial charge in [-0.2, -0.15) is 0 Å². The Bertz CT molecular complexity index is 1450. The van der Waals surface area contributed by atoms with Crippen LogP contribution in [-0.4, -0.2) is 36.7 Å². The van der Waals surface area contributed by atoms with Crippen LogP contribution in [0.15, 0.2) is 36.4 Å². The lowest BCUT2D eigenvalue weighted by atomic mass is 9.83. The maximum Gasteiger partial charge on any atom is 0.352 e. The first kappa shape index (κ1) is 23.2. The molecule has 3 heterocycles. The summed E-state index contributed by atoms with van der Waals surface area (Å²) in [6.45, 7) is 3.57. The molecule has 0 spiro atoms. The first-order valence-corrected chi connectivity index (χ1v) is 12.7. The molecule has 1 aliphatic rings. The fourth-order valence-electron chi connectivity index (χ4n) is 5.26. The molecule has 8 heteroatoms. The van der Waals surface area contributed by atoms with Crippen molar-refractivity contribution in [3.05, 3.63) is 58.4 Å². The number of rotatable bonds is 6. The minimum Gasteiger partial charge on any atom is -0.480 e. The van der Waals surface area contributed by atoms with Crippen molar-refractivity contribution >= 4 is 34.2 Å². The highest BCUT2D eigenvalue weighted by Gasteiger charge is 2.28. The highest BCUT2D eigenvalue weighted by atomic mass is 32.1. The van der Waals surface area contributed by atoms with Crippen molar-refractivity contribution in [2.45, 2.75) is 58.4 Å². The van der Waals surface area contributed by atoms with Crippen LogP contribution in [0, 0.1) is 13.8 Å². The van der Waals surface area contributed by atoms with Crippen LogP contribution in [0.1, 0.15) is 64.8 Å². The predicted octanol–water partition coefficient (Wildman–Crippen LogP) is 6.27. The van der Waals surface area contributed by atoms with Crippen LogP contribution in [0.2, 0.25) is 0 Å². The lowest BCUT2D eigenvalue weighted by Gasteiger charge is -2.23. The molecule has 4 aromatic rings. The minimum atomic E-state index is -1.11. The molecule has 0 amide bonds. The molecule has 1 saturated carbocycles. The number of thiazole rings is 1. The zero-order valence-corrected chi connectivity index (χ0v) is 20.6. The molecule has 1 aliphatic carbocycles. The van der Waals surface area contributed by atoms with Crippen LogP contribution in [0.4, 0.5) is 0 Å². The van der Waals surface area contributed by atoms with Gasteiger partial charge in [-0.15, -0.1) is 11.3 Å². The Kier molecular flexibility index (Phi) is 6.15. The molecular weight excluding hydrogens is 462 g/mol. The van der Waals surface area contributed by atoms with Gasteiger partial charge in [-0.3, -0.25) is 4.79 Å². The Morgan fingerprint density at radius 2 is 1.80 bits per heavy atom. The van der Waals surface area contributed by atoms with Crippen LogP contribution in [-0.2, 0) is 11.3 Å². The molecule has 0 atom stereocenters. The summed E-state index contributed by atoms with van der Waals surface area (Å²) in [7, 11) is 0. The summed E-state index contributed by atoms with van der Waals surface area (Å²) in [6, 6.07) is 11.5. The van der Waals surface area contributed by atoms with Crippen molar-refractivity contribution in [1.29, 1.82) is 0 Å². The molecular formula is C27H27N3O4S. The van der Waals surface area contributed by atoms with E-state index in [-0.39, 0.29) is 11.6 Å². The molecule has 0 unspecified atom stereocenters. The molecule has 0 radical (unpaired) electrons. The summed E-state index contributed by atoms with van der Waals surface area (Å²) in [5.74, 6) is -1.96. The zero-order chi connectivity index (χ0) is 24.7. The van der Waals surface area contributed by atoms with Gasteiger partial charge in [0.05, 0.1) is 32.5 Å². The number of fused-ring (bicyclic) bond motifs is 1. The summed E-state index contributed by atoms with van der Waals surface area (Å²) in [5.41, 5.74) is 5.11. The Balaban J connectivity index is 1.65. The molecule has 0 aliphatic heterocycles. The summed E-state index contributed by atoms with van der Waals surface area (Å²) >= 11 is 1.62. The summed E-state index contributed by atoms with van der Waals surface area (Å²) in [4.78, 5) is 34.2. The molecule has 1 aromatic carbocycles. The number of nitrogens with zero attached hydrogens (tertiary/aromatic N) is 3. The molecule has 2 N–H and O–H groups in total. The van der Waals surface area contributed by atoms with Gasteiger partial charge in [0.2, 0.25) is 0 Å². The number of carbonyl (C=O) groups is 2. The van der Waals surface area contributed by atoms with Gasteiger partial charge in [-0.25, -0.2) is 14.8 Å². The third-order valence-electron chi connectivity index (χ3n) is 6.78. The van der Waals surface area contributed by atoms with E-state index >= 15 is 0 Å². The molecule has 1 fully saturated rings. The summed E-state index contributed by atoms with van der Waals surface area (Å²) in [6.07, 6.45) is 5.33. The smallest absolute Gasteiger partial charge is 0.352 e. The van der Waals surface area contributed by atoms with Gasteiger partial charge in [0, 0.05) is 5.39 Å². The average Bonchev–Trinajstić information content (AvgIpc) is 3.38. The van der Waals surface area contributed by atoms with Crippen LogP contribution < -0.4 is 0 Å². The van der Waals surface area contributed by atoms with E-state index in [4.69, 9.17) is 4.98 Å². The minimum absolute atomic E-state index is 0.0209. The number of pyridine rings is 1. The zero-order valence-electron chi connectivity index (χ0n) is 19.7. The number of aryl methyl sites for hydroxylation is 2. The van der Waals surface area contributed by atoms with E-state index in [1.165, 1.54) is 11.0 Å². The monoisotopic (exact) mass is 489 g/mol. The fraction of sp³-hybridized carbons (Fsp3) is 0.333. The Morgan fingerprint density at radius 1 is 1.03 bits per heavy atom. The normalized spacial score (nSPS) is 14.5. The van der Waals surface area contributed by atoms with Crippen molar-refractivity contribution < 1.29 is 19.8 Å². The van der Waals surface area contributed by atoms with Crippen molar-refractivity contribution in [2.24, 2.45) is 0 Å². The number of carboxylic acids is 2. The quantitative estimate of drug-likeness (QED) is 0.330. The number of benzene rings is 1. The summed E-state index contributed by atoms with van der Waals surface area (Å²) < 4.78 is 1.45. The number of aromatic nitrogens is 3. The van der Waals surface area contributed by atoms with Crippen molar-refractivity contribution in [2.75, 3.05) is 0 Å². The Morgan fingerprint density at radius 3 is 2.46 bits per heavy atom. The maximum atomic E-state index is 12.1. The topological polar surface area (TPSA) is 105 Å². The number of hydrogen-bond donors (Lipinski definition) is 2. The Hall–Kier alpha value is -3.52. The fourth-order valence-corrected chi connectivity index (χ4v) is 6.15. The standard InChI is InChI=1S/C27H27N3O4S/c1-15-26(35-16(2)28-15)22-11-8-18-12-19(9-10-21(18)29-22)25-20(17-6-4-3-5-7-17)13-23(27(33)34)30(25)14-24(31)32/h8-13,17H,3-7,14H2,1-2H3,(H,31,32)(H,33,34). The van der Waals surface area contributed by atoms with E-state index in [0.29, 0.717) is 5.69 Å². The van der Waals surface area contributed by atoms with Gasteiger partial charge >= 0.3 is 11.9 Å². The van der Waals surface area contributed by atoms with Gasteiger partial charge in [0.25, 0.3) is 0 Å².